The van der Waals surface area contributed by atoms with E-state index in [0.717, 1.165) is 35.4 Å². The highest BCUT2D eigenvalue weighted by atomic mass is 32.2. The summed E-state index contributed by atoms with van der Waals surface area (Å²) in [5, 5.41) is 11.0. The number of aromatic nitrogens is 3. The number of carbonyl (C=O) groups is 1. The van der Waals surface area contributed by atoms with E-state index in [2.05, 4.69) is 49.9 Å². The SMILES string of the molecule is Cc1nn(C)c2ncc(NC(=O)NCc3ccc(N4CCSCC4)cc3)cc12. The molecule has 2 N–H and O–H groups in total. The number of amides is 2. The molecule has 1 aliphatic rings. The normalized spacial score (nSPS) is 14.3. The molecule has 0 unspecified atom stereocenters. The van der Waals surface area contributed by atoms with Crippen molar-refractivity contribution in [3.8, 4) is 0 Å². The zero-order valence-electron chi connectivity index (χ0n) is 16.1. The highest BCUT2D eigenvalue weighted by Crippen LogP contribution is 2.20. The number of aryl methyl sites for hydroxylation is 2. The first-order valence-corrected chi connectivity index (χ1v) is 10.5. The van der Waals surface area contributed by atoms with Crippen molar-refractivity contribution in [1.82, 2.24) is 20.1 Å². The maximum atomic E-state index is 12.2. The van der Waals surface area contributed by atoms with Crippen molar-refractivity contribution in [2.24, 2.45) is 7.05 Å². The van der Waals surface area contributed by atoms with Gasteiger partial charge < -0.3 is 15.5 Å². The molecule has 3 aromatic rings. The maximum Gasteiger partial charge on any atom is 0.319 e. The minimum Gasteiger partial charge on any atom is -0.370 e. The minimum atomic E-state index is -0.250. The van der Waals surface area contributed by atoms with E-state index in [1.165, 1.54) is 17.2 Å². The van der Waals surface area contributed by atoms with Crippen LogP contribution in [-0.4, -0.2) is 45.4 Å². The van der Waals surface area contributed by atoms with Crippen molar-refractivity contribution < 1.29 is 4.79 Å². The summed E-state index contributed by atoms with van der Waals surface area (Å²) in [4.78, 5) is 19.0. The average Bonchev–Trinajstić information content (AvgIpc) is 3.01. The summed E-state index contributed by atoms with van der Waals surface area (Å²) < 4.78 is 1.74. The molecule has 0 spiro atoms. The Morgan fingerprint density at radius 3 is 2.71 bits per heavy atom. The van der Waals surface area contributed by atoms with Gasteiger partial charge in [0.25, 0.3) is 0 Å². The monoisotopic (exact) mass is 396 g/mol. The molecule has 7 nitrogen and oxygen atoms in total. The lowest BCUT2D eigenvalue weighted by Crippen LogP contribution is -2.32. The first-order chi connectivity index (χ1) is 13.6. The van der Waals surface area contributed by atoms with Gasteiger partial charge in [-0.1, -0.05) is 12.1 Å². The maximum absolute atomic E-state index is 12.2. The van der Waals surface area contributed by atoms with Crippen LogP contribution in [0, 0.1) is 6.92 Å². The number of hydrogen-bond acceptors (Lipinski definition) is 5. The molecule has 1 aromatic carbocycles. The number of thioether (sulfide) groups is 1. The van der Waals surface area contributed by atoms with Crippen molar-refractivity contribution in [3.05, 3.63) is 47.8 Å². The molecule has 0 saturated carbocycles. The number of carbonyl (C=O) groups excluding carboxylic acids is 1. The van der Waals surface area contributed by atoms with Crippen LogP contribution in [0.2, 0.25) is 0 Å². The van der Waals surface area contributed by atoms with Crippen LogP contribution in [-0.2, 0) is 13.6 Å². The van der Waals surface area contributed by atoms with Gasteiger partial charge in [0.05, 0.1) is 17.6 Å². The molecular weight excluding hydrogens is 372 g/mol. The van der Waals surface area contributed by atoms with E-state index in [9.17, 15) is 4.79 Å². The number of benzene rings is 1. The van der Waals surface area contributed by atoms with Crippen LogP contribution in [0.5, 0.6) is 0 Å². The molecule has 4 rings (SSSR count). The van der Waals surface area contributed by atoms with Gasteiger partial charge in [-0.3, -0.25) is 4.68 Å². The summed E-state index contributed by atoms with van der Waals surface area (Å²) in [6.07, 6.45) is 1.65. The second-order valence-electron chi connectivity index (χ2n) is 6.88. The van der Waals surface area contributed by atoms with Crippen molar-refractivity contribution in [2.45, 2.75) is 13.5 Å². The molecule has 8 heteroatoms. The van der Waals surface area contributed by atoms with Crippen molar-refractivity contribution in [1.29, 1.82) is 0 Å². The van der Waals surface area contributed by atoms with E-state index >= 15 is 0 Å². The minimum absolute atomic E-state index is 0.250. The Kier molecular flexibility index (Phi) is 5.38. The first kappa shape index (κ1) is 18.6. The van der Waals surface area contributed by atoms with Gasteiger partial charge in [0.2, 0.25) is 0 Å². The van der Waals surface area contributed by atoms with Crippen LogP contribution in [0.25, 0.3) is 11.0 Å². The van der Waals surface area contributed by atoms with E-state index in [0.29, 0.717) is 12.2 Å². The number of fused-ring (bicyclic) bond motifs is 1. The number of hydrogen-bond donors (Lipinski definition) is 2. The number of anilines is 2. The summed E-state index contributed by atoms with van der Waals surface area (Å²) in [5.41, 5.74) is 4.67. The fourth-order valence-electron chi connectivity index (χ4n) is 3.38. The zero-order chi connectivity index (χ0) is 19.5. The quantitative estimate of drug-likeness (QED) is 0.709. The van der Waals surface area contributed by atoms with Crippen LogP contribution in [0.15, 0.2) is 36.5 Å². The van der Waals surface area contributed by atoms with Gasteiger partial charge >= 0.3 is 6.03 Å². The standard InChI is InChI=1S/C20H24N6OS/c1-14-18-11-16(13-21-19(18)25(2)24-14)23-20(27)22-12-15-3-5-17(6-4-15)26-7-9-28-10-8-26/h3-6,11,13H,7-10,12H2,1-2H3,(H2,22,23,27). The van der Waals surface area contributed by atoms with Crippen LogP contribution in [0.3, 0.4) is 0 Å². The van der Waals surface area contributed by atoms with E-state index in [1.54, 1.807) is 10.9 Å². The summed E-state index contributed by atoms with van der Waals surface area (Å²) in [5.74, 6) is 2.37. The summed E-state index contributed by atoms with van der Waals surface area (Å²) >= 11 is 2.01. The van der Waals surface area contributed by atoms with Gasteiger partial charge in [-0.15, -0.1) is 0 Å². The third kappa shape index (κ3) is 4.06. The van der Waals surface area contributed by atoms with E-state index in [4.69, 9.17) is 0 Å². The van der Waals surface area contributed by atoms with Crippen molar-refractivity contribution in [2.75, 3.05) is 34.8 Å². The van der Waals surface area contributed by atoms with Crippen LogP contribution >= 0.6 is 11.8 Å². The molecular formula is C20H24N6OS. The molecule has 2 aromatic heterocycles. The summed E-state index contributed by atoms with van der Waals surface area (Å²) in [6, 6.07) is 10.1. The number of nitrogens with one attached hydrogen (secondary N) is 2. The van der Waals surface area contributed by atoms with Crippen LogP contribution in [0.4, 0.5) is 16.2 Å². The fourth-order valence-corrected chi connectivity index (χ4v) is 4.28. The molecule has 1 fully saturated rings. The van der Waals surface area contributed by atoms with Crippen molar-refractivity contribution >= 4 is 40.2 Å². The Morgan fingerprint density at radius 1 is 1.21 bits per heavy atom. The highest BCUT2D eigenvalue weighted by Gasteiger charge is 2.11. The van der Waals surface area contributed by atoms with Gasteiger partial charge in [-0.25, -0.2) is 9.78 Å². The Morgan fingerprint density at radius 2 is 1.96 bits per heavy atom. The second kappa shape index (κ2) is 8.10. The summed E-state index contributed by atoms with van der Waals surface area (Å²) in [6.45, 7) is 4.60. The predicted molar refractivity (Wildman–Crippen MR) is 115 cm³/mol. The van der Waals surface area contributed by atoms with E-state index in [-0.39, 0.29) is 6.03 Å². The lowest BCUT2D eigenvalue weighted by Gasteiger charge is -2.28. The molecule has 0 atom stereocenters. The van der Waals surface area contributed by atoms with Crippen LogP contribution < -0.4 is 15.5 Å². The third-order valence-corrected chi connectivity index (χ3v) is 5.83. The molecule has 1 saturated heterocycles. The molecule has 1 aliphatic heterocycles. The number of pyridine rings is 1. The topological polar surface area (TPSA) is 75.1 Å². The Bertz CT molecular complexity index is 978. The zero-order valence-corrected chi connectivity index (χ0v) is 16.9. The predicted octanol–water partition coefficient (Wildman–Crippen LogP) is 3.15. The number of urea groups is 1. The van der Waals surface area contributed by atoms with Gasteiger partial charge in [0, 0.05) is 49.3 Å². The Hall–Kier alpha value is -2.74. The fraction of sp³-hybridized carbons (Fsp3) is 0.350. The molecule has 2 amide bonds. The highest BCUT2D eigenvalue weighted by molar-refractivity contribution is 7.99. The Balaban J connectivity index is 1.33. The molecule has 28 heavy (non-hydrogen) atoms. The number of rotatable bonds is 4. The van der Waals surface area contributed by atoms with Gasteiger partial charge in [-0.05, 0) is 30.7 Å². The average molecular weight is 397 g/mol. The molecule has 0 bridgehead atoms. The smallest absolute Gasteiger partial charge is 0.319 e. The first-order valence-electron chi connectivity index (χ1n) is 9.36. The van der Waals surface area contributed by atoms with E-state index in [1.807, 2.05) is 31.8 Å². The molecule has 146 valence electrons. The van der Waals surface area contributed by atoms with Gasteiger partial charge in [0.1, 0.15) is 0 Å². The lowest BCUT2D eigenvalue weighted by atomic mass is 10.2. The van der Waals surface area contributed by atoms with Crippen molar-refractivity contribution in [3.63, 3.8) is 0 Å². The third-order valence-electron chi connectivity index (χ3n) is 4.89. The lowest BCUT2D eigenvalue weighted by molar-refractivity contribution is 0.251. The second-order valence-corrected chi connectivity index (χ2v) is 8.10. The molecule has 0 aliphatic carbocycles. The molecule has 0 radical (unpaired) electrons. The molecule has 3 heterocycles. The van der Waals surface area contributed by atoms with Gasteiger partial charge in [-0.2, -0.15) is 16.9 Å². The largest absolute Gasteiger partial charge is 0.370 e. The Labute approximate surface area is 168 Å². The van der Waals surface area contributed by atoms with Crippen LogP contribution in [0.1, 0.15) is 11.3 Å². The summed E-state index contributed by atoms with van der Waals surface area (Å²) in [7, 11) is 1.86. The van der Waals surface area contributed by atoms with Gasteiger partial charge in [0.15, 0.2) is 5.65 Å². The van der Waals surface area contributed by atoms with E-state index < -0.39 is 0 Å². The number of nitrogens with zero attached hydrogens (tertiary/aromatic N) is 4.